The molecule has 3 saturated carbocycles. The fourth-order valence-corrected chi connectivity index (χ4v) is 11.1. The summed E-state index contributed by atoms with van der Waals surface area (Å²) in [5, 5.41) is 10.7. The molecule has 4 aliphatic rings. The predicted molar refractivity (Wildman–Crippen MR) is 250 cm³/mol. The Morgan fingerprint density at radius 2 is 1.70 bits per heavy atom. The number of rotatable bonds is 15. The molecule has 17 nitrogen and oxygen atoms in total. The monoisotopic (exact) mass is 949 g/mol. The number of hydrogen-bond acceptors (Lipinski definition) is 13. The summed E-state index contributed by atoms with van der Waals surface area (Å²) in [5.41, 5.74) is 0.359. The number of nitrogens with one attached hydrogen (secondary N) is 4. The highest BCUT2D eigenvalue weighted by Gasteiger charge is 2.62. The summed E-state index contributed by atoms with van der Waals surface area (Å²) < 4.78 is 46.3. The van der Waals surface area contributed by atoms with E-state index in [-0.39, 0.29) is 36.8 Å². The molecule has 0 spiro atoms. The minimum Gasteiger partial charge on any atom is -0.496 e. The highest BCUT2D eigenvalue weighted by molar-refractivity contribution is 7.91. The van der Waals surface area contributed by atoms with Crippen LogP contribution in [0.5, 0.6) is 11.5 Å². The standard InChI is InChI=1S/C47H63N7O10S2/c1-11-27-21-47(27,42(58)53-66(60,61)30-16-17-30)52-40(56)34-19-29(23-54(34)41(57)39(46(7,8)9)51-44(59)64-28-14-12-13-15-28)63-35-20-32(48-37-26(3)38(62-10)25(2)18-31(35)37)33-24-65-43(49-33)50-36(55)22-45(4,5)6/h11,18,20,24,27-30,34,39H,1,12-17,19,21-23H2,2-10H3,(H,51,59)(H,52,56)(H,53,58)(H,49,50,55)/t27?,29-,34+,39-,47-/m1/s1. The van der Waals surface area contributed by atoms with E-state index in [1.807, 2.05) is 40.7 Å². The summed E-state index contributed by atoms with van der Waals surface area (Å²) >= 11 is 1.26. The van der Waals surface area contributed by atoms with E-state index in [1.54, 1.807) is 39.3 Å². The highest BCUT2D eigenvalue weighted by Crippen LogP contribution is 2.46. The average molecular weight is 950 g/mol. The SMILES string of the molecule is C=CC1C[C@]1(NC(=O)[C@@H]1C[C@@H](Oc2cc(-c3csc(NC(=O)CC(C)(C)C)n3)nc3c(C)c(OC)c(C)cc23)CN1C(=O)[C@@H](NC(=O)OC1CCCC1)C(C)(C)C)C(=O)NS(=O)(=O)C1CC1. The summed E-state index contributed by atoms with van der Waals surface area (Å²) in [5.74, 6) is -1.84. The Kier molecular flexibility index (Phi) is 13.6. The molecule has 66 heavy (non-hydrogen) atoms. The molecule has 0 bridgehead atoms. The molecule has 1 saturated heterocycles. The Morgan fingerprint density at radius 1 is 1.00 bits per heavy atom. The van der Waals surface area contributed by atoms with Gasteiger partial charge < -0.3 is 35.1 Å². The normalized spacial score (nSPS) is 22.6. The molecule has 5 amide bonds. The summed E-state index contributed by atoms with van der Waals surface area (Å²) in [6.45, 7) is 18.8. The van der Waals surface area contributed by atoms with Gasteiger partial charge in [0.25, 0.3) is 5.91 Å². The topological polar surface area (TPSA) is 224 Å². The van der Waals surface area contributed by atoms with Gasteiger partial charge in [-0.25, -0.2) is 23.2 Å². The molecule has 3 aliphatic carbocycles. The lowest BCUT2D eigenvalue weighted by atomic mass is 9.85. The number of thiazole rings is 1. The number of fused-ring (bicyclic) bond motifs is 1. The summed E-state index contributed by atoms with van der Waals surface area (Å²) in [6.07, 6.45) is 4.27. The van der Waals surface area contributed by atoms with Crippen LogP contribution in [0.4, 0.5) is 9.93 Å². The van der Waals surface area contributed by atoms with Crippen molar-refractivity contribution in [2.24, 2.45) is 16.7 Å². The number of ether oxygens (including phenoxy) is 3. The van der Waals surface area contributed by atoms with Crippen LogP contribution >= 0.6 is 11.3 Å². The lowest BCUT2D eigenvalue weighted by Gasteiger charge is -2.35. The van der Waals surface area contributed by atoms with Crippen LogP contribution in [0.25, 0.3) is 22.3 Å². The van der Waals surface area contributed by atoms with Gasteiger partial charge in [0, 0.05) is 41.2 Å². The van der Waals surface area contributed by atoms with Crippen LogP contribution in [-0.4, -0.2) is 102 Å². The number of aryl methyl sites for hydroxylation is 2. The van der Waals surface area contributed by atoms with Crippen molar-refractivity contribution in [3.63, 3.8) is 0 Å². The van der Waals surface area contributed by atoms with Gasteiger partial charge in [-0.1, -0.05) is 47.6 Å². The number of anilines is 1. The van der Waals surface area contributed by atoms with Crippen LogP contribution in [-0.2, 0) is 33.9 Å². The second-order valence-electron chi connectivity index (χ2n) is 20.5. The predicted octanol–water partition coefficient (Wildman–Crippen LogP) is 6.46. The zero-order valence-electron chi connectivity index (χ0n) is 39.3. The fourth-order valence-electron chi connectivity index (χ4n) is 8.98. The Labute approximate surface area is 390 Å². The molecule has 1 aliphatic heterocycles. The van der Waals surface area contributed by atoms with Crippen LogP contribution in [0.1, 0.15) is 110 Å². The number of alkyl carbamates (subject to hydrolysis) is 1. The van der Waals surface area contributed by atoms with Gasteiger partial charge in [0.15, 0.2) is 5.13 Å². The first-order valence-corrected chi connectivity index (χ1v) is 25.0. The van der Waals surface area contributed by atoms with Crippen molar-refractivity contribution in [1.82, 2.24) is 30.2 Å². The molecule has 4 fully saturated rings. The van der Waals surface area contributed by atoms with E-state index in [4.69, 9.17) is 24.2 Å². The third-order valence-corrected chi connectivity index (χ3v) is 15.3. The molecule has 0 radical (unpaired) electrons. The molecule has 1 aromatic carbocycles. The molecule has 7 rings (SSSR count). The third-order valence-electron chi connectivity index (χ3n) is 12.7. The maximum atomic E-state index is 14.9. The van der Waals surface area contributed by atoms with Crippen molar-refractivity contribution in [2.75, 3.05) is 19.0 Å². The first kappa shape index (κ1) is 48.6. The Bertz CT molecular complexity index is 2540. The lowest BCUT2D eigenvalue weighted by molar-refractivity contribution is -0.143. The zero-order valence-corrected chi connectivity index (χ0v) is 40.9. The van der Waals surface area contributed by atoms with E-state index >= 15 is 0 Å². The number of hydrogen-bond donors (Lipinski definition) is 4. The highest BCUT2D eigenvalue weighted by atomic mass is 32.2. The van der Waals surface area contributed by atoms with Crippen molar-refractivity contribution in [1.29, 1.82) is 0 Å². The van der Waals surface area contributed by atoms with Crippen LogP contribution in [0, 0.1) is 30.6 Å². The average Bonchev–Trinajstić information content (AvgIpc) is 4.01. The maximum Gasteiger partial charge on any atom is 0.408 e. The molecule has 2 aromatic heterocycles. The molecule has 3 heterocycles. The summed E-state index contributed by atoms with van der Waals surface area (Å²) in [6, 6.07) is 1.27. The number of benzene rings is 1. The van der Waals surface area contributed by atoms with Crippen LogP contribution in [0.15, 0.2) is 30.2 Å². The fraction of sp³-hybridized carbons (Fsp3) is 0.596. The van der Waals surface area contributed by atoms with Crippen molar-refractivity contribution < 1.29 is 46.6 Å². The number of amides is 5. The molecule has 19 heteroatoms. The van der Waals surface area contributed by atoms with E-state index in [0.29, 0.717) is 58.2 Å². The second kappa shape index (κ2) is 18.4. The van der Waals surface area contributed by atoms with E-state index < -0.39 is 74.1 Å². The van der Waals surface area contributed by atoms with Crippen LogP contribution in [0.3, 0.4) is 0 Å². The van der Waals surface area contributed by atoms with Gasteiger partial charge in [0.05, 0.1) is 30.1 Å². The van der Waals surface area contributed by atoms with Gasteiger partial charge in [-0.3, -0.25) is 23.9 Å². The van der Waals surface area contributed by atoms with Gasteiger partial charge in [-0.05, 0) is 81.3 Å². The number of sulfonamides is 1. The van der Waals surface area contributed by atoms with Gasteiger partial charge in [0.1, 0.15) is 47.0 Å². The molecule has 358 valence electrons. The van der Waals surface area contributed by atoms with Crippen LogP contribution < -0.4 is 30.1 Å². The first-order valence-electron chi connectivity index (χ1n) is 22.6. The molecular formula is C47H63N7O10S2. The maximum absolute atomic E-state index is 14.9. The quantitative estimate of drug-likeness (QED) is 0.121. The number of aromatic nitrogens is 2. The summed E-state index contributed by atoms with van der Waals surface area (Å²) in [4.78, 5) is 80.6. The van der Waals surface area contributed by atoms with Crippen molar-refractivity contribution >= 4 is 67.1 Å². The molecule has 5 atom stereocenters. The molecule has 3 aromatic rings. The van der Waals surface area contributed by atoms with E-state index in [1.165, 1.54) is 22.3 Å². The third kappa shape index (κ3) is 10.6. The second-order valence-corrected chi connectivity index (χ2v) is 23.3. The number of likely N-dealkylation sites (tertiary alicyclic amines) is 1. The largest absolute Gasteiger partial charge is 0.496 e. The van der Waals surface area contributed by atoms with Crippen LogP contribution in [0.2, 0.25) is 0 Å². The lowest BCUT2D eigenvalue weighted by Crippen LogP contribution is -2.60. The number of methoxy groups -OCH3 is 1. The van der Waals surface area contributed by atoms with E-state index in [9.17, 15) is 32.4 Å². The van der Waals surface area contributed by atoms with Gasteiger partial charge >= 0.3 is 6.09 Å². The number of pyridine rings is 1. The minimum absolute atomic E-state index is 0.0360. The van der Waals surface area contributed by atoms with Crippen molar-refractivity contribution in [3.05, 3.63) is 41.3 Å². The van der Waals surface area contributed by atoms with Gasteiger partial charge in [0.2, 0.25) is 27.7 Å². The molecular weight excluding hydrogens is 887 g/mol. The van der Waals surface area contributed by atoms with Crippen molar-refractivity contribution in [2.45, 2.75) is 148 Å². The van der Waals surface area contributed by atoms with E-state index in [2.05, 4.69) is 27.3 Å². The van der Waals surface area contributed by atoms with Gasteiger partial charge in [-0.15, -0.1) is 17.9 Å². The zero-order chi connectivity index (χ0) is 48.1. The van der Waals surface area contributed by atoms with Gasteiger partial charge in [-0.2, -0.15) is 0 Å². The van der Waals surface area contributed by atoms with Crippen molar-refractivity contribution in [3.8, 4) is 22.9 Å². The Balaban J connectivity index is 1.23. The molecule has 1 unspecified atom stereocenters. The Morgan fingerprint density at radius 3 is 2.30 bits per heavy atom. The number of carbonyl (C=O) groups is 5. The molecule has 4 N–H and O–H groups in total. The number of nitrogens with zero attached hydrogens (tertiary/aromatic N) is 3. The first-order chi connectivity index (χ1) is 30.9. The Hall–Kier alpha value is -5.30. The summed E-state index contributed by atoms with van der Waals surface area (Å²) in [7, 11) is -2.37. The smallest absolute Gasteiger partial charge is 0.408 e. The minimum atomic E-state index is -3.95. The van der Waals surface area contributed by atoms with E-state index in [0.717, 1.165) is 36.8 Å². The number of carbonyl (C=O) groups excluding carboxylic acids is 5.